The molecule has 0 atom stereocenters. The summed E-state index contributed by atoms with van der Waals surface area (Å²) < 4.78 is 0. The van der Waals surface area contributed by atoms with E-state index >= 15 is 0 Å². The molecule has 0 aromatic heterocycles. The average molecular weight is 332 g/mol. The van der Waals surface area contributed by atoms with Crippen molar-refractivity contribution in [3.05, 3.63) is 94.5 Å². The summed E-state index contributed by atoms with van der Waals surface area (Å²) in [5.41, 5.74) is 5.04. The lowest BCUT2D eigenvalue weighted by Crippen LogP contribution is -2.05. The Morgan fingerprint density at radius 1 is 0.680 bits per heavy atom. The molecule has 0 bridgehead atoms. The molecule has 0 amide bonds. The maximum atomic E-state index is 10.6. The molecule has 0 saturated carbocycles. The van der Waals surface area contributed by atoms with Gasteiger partial charge in [0, 0.05) is 17.0 Å². The molecule has 3 rings (SSSR count). The lowest BCUT2D eigenvalue weighted by Gasteiger charge is -2.22. The van der Waals surface area contributed by atoms with Crippen molar-refractivity contribution >= 4 is 0 Å². The summed E-state index contributed by atoms with van der Waals surface area (Å²) in [6, 6.07) is 21.5. The highest BCUT2D eigenvalue weighted by Crippen LogP contribution is 2.41. The largest absolute Gasteiger partial charge is 0.508 e. The monoisotopic (exact) mass is 332 g/mol. The molecule has 25 heavy (non-hydrogen) atoms. The minimum atomic E-state index is -0.209. The highest BCUT2D eigenvalue weighted by Gasteiger charge is 2.23. The predicted molar refractivity (Wildman–Crippen MR) is 102 cm³/mol. The van der Waals surface area contributed by atoms with Gasteiger partial charge in [-0.25, -0.2) is 0 Å². The van der Waals surface area contributed by atoms with Gasteiger partial charge in [-0.3, -0.25) is 0 Å². The smallest absolute Gasteiger partial charge is 0.119 e. The predicted octanol–water partition coefficient (Wildman–Crippen LogP) is 5.40. The zero-order chi connectivity index (χ0) is 17.8. The number of phenols is 2. The Morgan fingerprint density at radius 3 is 1.60 bits per heavy atom. The van der Waals surface area contributed by atoms with Crippen molar-refractivity contribution in [2.45, 2.75) is 32.6 Å². The number of hydrogen-bond donors (Lipinski definition) is 2. The molecule has 0 aliphatic heterocycles. The molecule has 2 N–H and O–H groups in total. The summed E-state index contributed by atoms with van der Waals surface area (Å²) in [5.74, 6) is 0.305. The Morgan fingerprint density at radius 2 is 1.16 bits per heavy atom. The van der Waals surface area contributed by atoms with Crippen LogP contribution in [0.3, 0.4) is 0 Å². The van der Waals surface area contributed by atoms with Gasteiger partial charge >= 0.3 is 0 Å². The van der Waals surface area contributed by atoms with Crippen LogP contribution in [0.2, 0.25) is 0 Å². The van der Waals surface area contributed by atoms with E-state index in [9.17, 15) is 10.2 Å². The van der Waals surface area contributed by atoms with Crippen LogP contribution in [0.4, 0.5) is 0 Å². The van der Waals surface area contributed by atoms with E-state index in [1.54, 1.807) is 12.1 Å². The van der Waals surface area contributed by atoms with Crippen molar-refractivity contribution in [1.82, 2.24) is 0 Å². The summed E-state index contributed by atoms with van der Waals surface area (Å²) in [7, 11) is 0. The SMILES string of the molecule is CCc1ccc(O)c(C(c2ccccc2)c2cc(CC)ccc2O)c1. The van der Waals surface area contributed by atoms with Gasteiger partial charge in [-0.15, -0.1) is 0 Å². The third kappa shape index (κ3) is 3.53. The van der Waals surface area contributed by atoms with Crippen LogP contribution in [0.25, 0.3) is 0 Å². The third-order valence-electron chi connectivity index (χ3n) is 4.76. The molecule has 0 fully saturated rings. The molecule has 128 valence electrons. The molecule has 0 aliphatic rings. The van der Waals surface area contributed by atoms with E-state index < -0.39 is 0 Å². The molecule has 0 unspecified atom stereocenters. The summed E-state index contributed by atoms with van der Waals surface area (Å²) in [6.45, 7) is 4.20. The molecule has 0 spiro atoms. The van der Waals surface area contributed by atoms with Crippen molar-refractivity contribution < 1.29 is 10.2 Å². The van der Waals surface area contributed by atoms with Crippen LogP contribution in [0, 0.1) is 0 Å². The molecule has 0 aliphatic carbocycles. The number of benzene rings is 3. The van der Waals surface area contributed by atoms with Gasteiger partial charge in [0.2, 0.25) is 0 Å². The first-order valence-corrected chi connectivity index (χ1v) is 8.82. The van der Waals surface area contributed by atoms with Crippen molar-refractivity contribution in [3.8, 4) is 11.5 Å². The first-order chi connectivity index (χ1) is 12.1. The molecular weight excluding hydrogens is 308 g/mol. The second kappa shape index (κ2) is 7.43. The summed E-state index contributed by atoms with van der Waals surface area (Å²) in [5, 5.41) is 21.1. The molecule has 0 heterocycles. The Balaban J connectivity index is 2.25. The summed E-state index contributed by atoms with van der Waals surface area (Å²) in [4.78, 5) is 0. The van der Waals surface area contributed by atoms with E-state index in [-0.39, 0.29) is 17.4 Å². The van der Waals surface area contributed by atoms with E-state index in [0.717, 1.165) is 29.5 Å². The van der Waals surface area contributed by atoms with Gasteiger partial charge in [-0.05, 0) is 41.7 Å². The zero-order valence-electron chi connectivity index (χ0n) is 14.7. The second-order valence-corrected chi connectivity index (χ2v) is 6.34. The van der Waals surface area contributed by atoms with Crippen LogP contribution < -0.4 is 0 Å². The number of rotatable bonds is 5. The van der Waals surface area contributed by atoms with Crippen LogP contribution in [-0.2, 0) is 12.8 Å². The van der Waals surface area contributed by atoms with E-state index in [2.05, 4.69) is 13.8 Å². The van der Waals surface area contributed by atoms with Gasteiger partial charge in [-0.2, -0.15) is 0 Å². The molecule has 2 nitrogen and oxygen atoms in total. The zero-order valence-corrected chi connectivity index (χ0v) is 14.7. The van der Waals surface area contributed by atoms with Gasteiger partial charge < -0.3 is 10.2 Å². The molecule has 2 heteroatoms. The third-order valence-corrected chi connectivity index (χ3v) is 4.76. The van der Waals surface area contributed by atoms with E-state index in [1.165, 1.54) is 11.1 Å². The molecule has 0 saturated heterocycles. The highest BCUT2D eigenvalue weighted by atomic mass is 16.3. The number of hydrogen-bond acceptors (Lipinski definition) is 2. The van der Waals surface area contributed by atoms with Crippen molar-refractivity contribution in [1.29, 1.82) is 0 Å². The number of phenolic OH excluding ortho intramolecular Hbond substituents is 2. The van der Waals surface area contributed by atoms with E-state index in [0.29, 0.717) is 0 Å². The molecular formula is C23H24O2. The van der Waals surface area contributed by atoms with Crippen LogP contribution in [0.15, 0.2) is 66.7 Å². The standard InChI is InChI=1S/C23H24O2/c1-3-16-10-12-21(24)19(14-16)23(18-8-6-5-7-9-18)20-15-17(4-2)11-13-22(20)25/h5-15,23-25H,3-4H2,1-2H3. The quantitative estimate of drug-likeness (QED) is 0.614. The topological polar surface area (TPSA) is 40.5 Å². The Hall–Kier alpha value is -2.74. The Labute approximate surface area is 149 Å². The molecule has 3 aromatic carbocycles. The van der Waals surface area contributed by atoms with Gasteiger partial charge in [0.25, 0.3) is 0 Å². The summed E-state index contributed by atoms with van der Waals surface area (Å²) in [6.07, 6.45) is 1.80. The minimum absolute atomic E-state index is 0.209. The van der Waals surface area contributed by atoms with E-state index in [4.69, 9.17) is 0 Å². The van der Waals surface area contributed by atoms with Gasteiger partial charge in [0.1, 0.15) is 11.5 Å². The fourth-order valence-electron chi connectivity index (χ4n) is 3.28. The van der Waals surface area contributed by atoms with Crippen molar-refractivity contribution in [2.24, 2.45) is 0 Å². The lowest BCUT2D eigenvalue weighted by atomic mass is 9.82. The normalized spacial score (nSPS) is 11.0. The second-order valence-electron chi connectivity index (χ2n) is 6.34. The van der Waals surface area contributed by atoms with E-state index in [1.807, 2.05) is 54.6 Å². The maximum Gasteiger partial charge on any atom is 0.119 e. The fourth-order valence-corrected chi connectivity index (χ4v) is 3.28. The van der Waals surface area contributed by atoms with Crippen LogP contribution >= 0.6 is 0 Å². The lowest BCUT2D eigenvalue weighted by molar-refractivity contribution is 0.458. The Bertz CT molecular complexity index is 800. The highest BCUT2D eigenvalue weighted by molar-refractivity contribution is 5.54. The first kappa shape index (κ1) is 17.1. The van der Waals surface area contributed by atoms with Crippen molar-refractivity contribution in [3.63, 3.8) is 0 Å². The van der Waals surface area contributed by atoms with Gasteiger partial charge in [0.15, 0.2) is 0 Å². The Kier molecular flexibility index (Phi) is 5.08. The van der Waals surface area contributed by atoms with Crippen LogP contribution in [0.5, 0.6) is 11.5 Å². The average Bonchev–Trinajstić information content (AvgIpc) is 2.66. The maximum absolute atomic E-state index is 10.6. The number of aromatic hydroxyl groups is 2. The summed E-state index contributed by atoms with van der Waals surface area (Å²) >= 11 is 0. The molecule has 3 aromatic rings. The van der Waals surface area contributed by atoms with Gasteiger partial charge in [-0.1, -0.05) is 68.4 Å². The van der Waals surface area contributed by atoms with Crippen LogP contribution in [-0.4, -0.2) is 10.2 Å². The van der Waals surface area contributed by atoms with Gasteiger partial charge in [0.05, 0.1) is 0 Å². The number of aryl methyl sites for hydroxylation is 2. The van der Waals surface area contributed by atoms with Crippen LogP contribution in [0.1, 0.15) is 47.6 Å². The van der Waals surface area contributed by atoms with Crippen molar-refractivity contribution in [2.75, 3.05) is 0 Å². The minimum Gasteiger partial charge on any atom is -0.508 e. The first-order valence-electron chi connectivity index (χ1n) is 8.82. The fraction of sp³-hybridized carbons (Fsp3) is 0.217. The molecule has 0 radical (unpaired) electrons.